The molecule has 1 aliphatic rings. The maximum Gasteiger partial charge on any atom is 0.315 e. The summed E-state index contributed by atoms with van der Waals surface area (Å²) in [4.78, 5) is 22.5. The molecular weight excluding hydrogens is 206 g/mol. The molecule has 0 saturated heterocycles. The first-order valence-electron chi connectivity index (χ1n) is 6.03. The van der Waals surface area contributed by atoms with Gasteiger partial charge < -0.3 is 16.0 Å². The average molecular weight is 227 g/mol. The first kappa shape index (κ1) is 12.8. The topological polar surface area (TPSA) is 70.2 Å². The minimum absolute atomic E-state index is 0.0579. The molecule has 1 aliphatic carbocycles. The molecule has 0 unspecified atom stereocenters. The summed E-state index contributed by atoms with van der Waals surface area (Å²) < 4.78 is 0. The van der Waals surface area contributed by atoms with Crippen LogP contribution >= 0.6 is 0 Å². The fourth-order valence-electron chi connectivity index (χ4n) is 1.91. The van der Waals surface area contributed by atoms with Gasteiger partial charge in [0.15, 0.2) is 0 Å². The van der Waals surface area contributed by atoms with E-state index in [1.165, 1.54) is 19.3 Å². The molecule has 16 heavy (non-hydrogen) atoms. The van der Waals surface area contributed by atoms with Gasteiger partial charge in [-0.25, -0.2) is 4.79 Å². The van der Waals surface area contributed by atoms with Crippen LogP contribution in [-0.4, -0.2) is 31.1 Å². The SMILES string of the molecule is CCNC(=O)NCC(=O)NC1CCCCC1. The molecule has 5 heteroatoms. The Morgan fingerprint density at radius 1 is 1.12 bits per heavy atom. The number of carbonyl (C=O) groups is 2. The third kappa shape index (κ3) is 5.00. The summed E-state index contributed by atoms with van der Waals surface area (Å²) in [7, 11) is 0. The van der Waals surface area contributed by atoms with Gasteiger partial charge in [-0.2, -0.15) is 0 Å². The Hall–Kier alpha value is -1.26. The van der Waals surface area contributed by atoms with E-state index in [1.54, 1.807) is 0 Å². The number of urea groups is 1. The van der Waals surface area contributed by atoms with E-state index in [1.807, 2.05) is 6.92 Å². The fraction of sp³-hybridized carbons (Fsp3) is 0.818. The highest BCUT2D eigenvalue weighted by Gasteiger charge is 2.15. The number of nitrogens with one attached hydrogen (secondary N) is 3. The molecule has 0 bridgehead atoms. The Balaban J connectivity index is 2.12. The predicted octanol–water partition coefficient (Wildman–Crippen LogP) is 0.754. The molecule has 0 atom stereocenters. The Kier molecular flexibility index (Phi) is 5.67. The van der Waals surface area contributed by atoms with Gasteiger partial charge in [-0.1, -0.05) is 19.3 Å². The Labute approximate surface area is 96.4 Å². The molecule has 1 rings (SSSR count). The van der Waals surface area contributed by atoms with Crippen molar-refractivity contribution in [3.05, 3.63) is 0 Å². The Bertz CT molecular complexity index is 237. The van der Waals surface area contributed by atoms with Crippen molar-refractivity contribution in [2.75, 3.05) is 13.1 Å². The van der Waals surface area contributed by atoms with E-state index in [0.29, 0.717) is 12.6 Å². The molecule has 0 aromatic rings. The van der Waals surface area contributed by atoms with E-state index in [-0.39, 0.29) is 18.5 Å². The van der Waals surface area contributed by atoms with E-state index in [0.717, 1.165) is 12.8 Å². The van der Waals surface area contributed by atoms with Crippen molar-refractivity contribution in [2.45, 2.75) is 45.1 Å². The molecule has 0 radical (unpaired) electrons. The highest BCUT2D eigenvalue weighted by atomic mass is 16.2. The smallest absolute Gasteiger partial charge is 0.315 e. The van der Waals surface area contributed by atoms with Crippen LogP contribution in [0.3, 0.4) is 0 Å². The highest BCUT2D eigenvalue weighted by Crippen LogP contribution is 2.16. The van der Waals surface area contributed by atoms with Crippen molar-refractivity contribution in [2.24, 2.45) is 0 Å². The highest BCUT2D eigenvalue weighted by molar-refractivity contribution is 5.83. The molecule has 3 amide bonds. The standard InChI is InChI=1S/C11H21N3O2/c1-2-12-11(16)13-8-10(15)14-9-6-4-3-5-7-9/h9H,2-8H2,1H3,(H,14,15)(H2,12,13,16). The monoisotopic (exact) mass is 227 g/mol. The van der Waals surface area contributed by atoms with Gasteiger partial charge in [0, 0.05) is 12.6 Å². The van der Waals surface area contributed by atoms with Crippen LogP contribution in [0.2, 0.25) is 0 Å². The van der Waals surface area contributed by atoms with Gasteiger partial charge in [0.2, 0.25) is 5.91 Å². The summed E-state index contributed by atoms with van der Waals surface area (Å²) in [6.45, 7) is 2.46. The number of hydrogen-bond donors (Lipinski definition) is 3. The van der Waals surface area contributed by atoms with Crippen molar-refractivity contribution in [1.29, 1.82) is 0 Å². The van der Waals surface area contributed by atoms with Crippen LogP contribution in [0.4, 0.5) is 4.79 Å². The normalized spacial score (nSPS) is 16.6. The first-order chi connectivity index (χ1) is 7.72. The lowest BCUT2D eigenvalue weighted by Crippen LogP contribution is -2.45. The third-order valence-electron chi connectivity index (χ3n) is 2.72. The van der Waals surface area contributed by atoms with Crippen LogP contribution in [0.25, 0.3) is 0 Å². The molecule has 0 aromatic carbocycles. The van der Waals surface area contributed by atoms with Crippen LogP contribution < -0.4 is 16.0 Å². The lowest BCUT2D eigenvalue weighted by atomic mass is 9.95. The van der Waals surface area contributed by atoms with Crippen molar-refractivity contribution >= 4 is 11.9 Å². The minimum Gasteiger partial charge on any atom is -0.352 e. The molecule has 1 saturated carbocycles. The number of hydrogen-bond acceptors (Lipinski definition) is 2. The van der Waals surface area contributed by atoms with Crippen molar-refractivity contribution < 1.29 is 9.59 Å². The van der Waals surface area contributed by atoms with Crippen molar-refractivity contribution in [1.82, 2.24) is 16.0 Å². The van der Waals surface area contributed by atoms with Crippen LogP contribution in [0.15, 0.2) is 0 Å². The number of carbonyl (C=O) groups excluding carboxylic acids is 2. The zero-order valence-electron chi connectivity index (χ0n) is 9.84. The fourth-order valence-corrected chi connectivity index (χ4v) is 1.91. The van der Waals surface area contributed by atoms with Gasteiger partial charge in [-0.15, -0.1) is 0 Å². The lowest BCUT2D eigenvalue weighted by Gasteiger charge is -2.22. The Morgan fingerprint density at radius 2 is 1.81 bits per heavy atom. The van der Waals surface area contributed by atoms with Gasteiger partial charge in [0.05, 0.1) is 6.54 Å². The second-order valence-electron chi connectivity index (χ2n) is 4.12. The predicted molar refractivity (Wildman–Crippen MR) is 62.1 cm³/mol. The first-order valence-corrected chi connectivity index (χ1v) is 6.03. The van der Waals surface area contributed by atoms with Crippen LogP contribution in [0, 0.1) is 0 Å². The van der Waals surface area contributed by atoms with Gasteiger partial charge in [0.25, 0.3) is 0 Å². The third-order valence-corrected chi connectivity index (χ3v) is 2.72. The quantitative estimate of drug-likeness (QED) is 0.663. The minimum atomic E-state index is -0.290. The molecule has 0 aliphatic heterocycles. The van der Waals surface area contributed by atoms with E-state index >= 15 is 0 Å². The van der Waals surface area contributed by atoms with Crippen LogP contribution in [-0.2, 0) is 4.79 Å². The number of rotatable bonds is 4. The summed E-state index contributed by atoms with van der Waals surface area (Å²) in [5.41, 5.74) is 0. The number of amides is 3. The molecule has 5 nitrogen and oxygen atoms in total. The van der Waals surface area contributed by atoms with E-state index in [9.17, 15) is 9.59 Å². The van der Waals surface area contributed by atoms with Gasteiger partial charge in [0.1, 0.15) is 0 Å². The molecule has 3 N–H and O–H groups in total. The van der Waals surface area contributed by atoms with Gasteiger partial charge in [-0.05, 0) is 19.8 Å². The Morgan fingerprint density at radius 3 is 2.44 bits per heavy atom. The summed E-state index contributed by atoms with van der Waals surface area (Å²) in [6, 6.07) is 0.0126. The molecule has 1 fully saturated rings. The van der Waals surface area contributed by atoms with E-state index < -0.39 is 0 Å². The molecular formula is C11H21N3O2. The maximum atomic E-state index is 11.5. The summed E-state index contributed by atoms with van der Waals surface area (Å²) in [5.74, 6) is -0.0989. The maximum absolute atomic E-state index is 11.5. The van der Waals surface area contributed by atoms with Gasteiger partial charge >= 0.3 is 6.03 Å². The lowest BCUT2D eigenvalue weighted by molar-refractivity contribution is -0.121. The molecule has 0 heterocycles. The van der Waals surface area contributed by atoms with Crippen LogP contribution in [0.5, 0.6) is 0 Å². The second kappa shape index (κ2) is 7.09. The second-order valence-corrected chi connectivity index (χ2v) is 4.12. The largest absolute Gasteiger partial charge is 0.352 e. The van der Waals surface area contributed by atoms with Gasteiger partial charge in [-0.3, -0.25) is 4.79 Å². The molecule has 0 aromatic heterocycles. The summed E-state index contributed by atoms with van der Waals surface area (Å²) >= 11 is 0. The average Bonchev–Trinajstić information content (AvgIpc) is 2.28. The van der Waals surface area contributed by atoms with Crippen molar-refractivity contribution in [3.8, 4) is 0 Å². The van der Waals surface area contributed by atoms with Crippen molar-refractivity contribution in [3.63, 3.8) is 0 Å². The molecule has 92 valence electrons. The summed E-state index contributed by atoms with van der Waals surface area (Å²) in [5, 5.41) is 8.02. The van der Waals surface area contributed by atoms with E-state index in [4.69, 9.17) is 0 Å². The van der Waals surface area contributed by atoms with Crippen LogP contribution in [0.1, 0.15) is 39.0 Å². The molecule has 0 spiro atoms. The zero-order valence-corrected chi connectivity index (χ0v) is 9.84. The summed E-state index contributed by atoms with van der Waals surface area (Å²) in [6.07, 6.45) is 5.77. The zero-order chi connectivity index (χ0) is 11.8. The van der Waals surface area contributed by atoms with E-state index in [2.05, 4.69) is 16.0 Å².